The average molecular weight is 369 g/mol. The van der Waals surface area contributed by atoms with E-state index in [1.165, 1.54) is 6.42 Å². The van der Waals surface area contributed by atoms with Crippen LogP contribution in [0.2, 0.25) is 0 Å². The zero-order valence-corrected chi connectivity index (χ0v) is 15.6. The number of hydrogen-bond acceptors (Lipinski definition) is 6. The zero-order chi connectivity index (χ0) is 18.1. The Balaban J connectivity index is 1.47. The van der Waals surface area contributed by atoms with E-state index in [0.29, 0.717) is 13.0 Å². The second-order valence-electron chi connectivity index (χ2n) is 8.06. The third-order valence-corrected chi connectivity index (χ3v) is 6.24. The minimum Gasteiger partial charge on any atom is -0.388 e. The van der Waals surface area contributed by atoms with Crippen molar-refractivity contribution in [2.45, 2.75) is 94.3 Å². The number of likely N-dealkylation sites (tertiary alicyclic amines) is 1. The molecule has 5 atom stereocenters. The molecule has 26 heavy (non-hydrogen) atoms. The summed E-state index contributed by atoms with van der Waals surface area (Å²) in [6.07, 6.45) is 5.76. The summed E-state index contributed by atoms with van der Waals surface area (Å²) in [5.41, 5.74) is 0. The molecule has 148 valence electrons. The van der Waals surface area contributed by atoms with Crippen molar-refractivity contribution in [1.29, 1.82) is 0 Å². The van der Waals surface area contributed by atoms with E-state index in [9.17, 15) is 9.90 Å². The van der Waals surface area contributed by atoms with Gasteiger partial charge in [0, 0.05) is 39.5 Å². The van der Waals surface area contributed by atoms with Crippen LogP contribution >= 0.6 is 0 Å². The molecule has 1 amide bonds. The molecule has 4 rings (SSSR count). The number of aliphatic hydroxyl groups excluding tert-OH is 1. The van der Waals surface area contributed by atoms with E-state index in [4.69, 9.17) is 18.9 Å². The molecule has 3 saturated heterocycles. The van der Waals surface area contributed by atoms with Crippen molar-refractivity contribution in [3.05, 3.63) is 0 Å². The van der Waals surface area contributed by atoms with Gasteiger partial charge >= 0.3 is 0 Å². The molecule has 3 aliphatic heterocycles. The van der Waals surface area contributed by atoms with Crippen LogP contribution in [0.1, 0.15) is 57.8 Å². The molecule has 1 N–H and O–H groups in total. The van der Waals surface area contributed by atoms with Crippen LogP contribution < -0.4 is 0 Å². The fourth-order valence-corrected chi connectivity index (χ4v) is 4.79. The van der Waals surface area contributed by atoms with E-state index >= 15 is 0 Å². The molecule has 4 fully saturated rings. The highest BCUT2D eigenvalue weighted by Crippen LogP contribution is 2.45. The maximum atomic E-state index is 12.3. The number of rotatable bonds is 3. The zero-order valence-electron chi connectivity index (χ0n) is 15.6. The molecule has 0 aromatic carbocycles. The highest BCUT2D eigenvalue weighted by molar-refractivity contribution is 5.76. The number of aliphatic hydroxyl groups is 1. The van der Waals surface area contributed by atoms with Gasteiger partial charge in [-0.2, -0.15) is 0 Å². The van der Waals surface area contributed by atoms with Crippen LogP contribution in [0.4, 0.5) is 0 Å². The van der Waals surface area contributed by atoms with E-state index in [2.05, 4.69) is 0 Å². The summed E-state index contributed by atoms with van der Waals surface area (Å²) < 4.78 is 24.0. The first-order valence-corrected chi connectivity index (χ1v) is 10.1. The van der Waals surface area contributed by atoms with Crippen molar-refractivity contribution in [3.8, 4) is 0 Å². The quantitative estimate of drug-likeness (QED) is 0.814. The lowest BCUT2D eigenvalue weighted by molar-refractivity contribution is -0.270. The van der Waals surface area contributed by atoms with Gasteiger partial charge in [-0.1, -0.05) is 12.8 Å². The Bertz CT molecular complexity index is 508. The number of amides is 1. The topological polar surface area (TPSA) is 77.5 Å². The molecule has 3 heterocycles. The monoisotopic (exact) mass is 369 g/mol. The molecule has 7 nitrogen and oxygen atoms in total. The third kappa shape index (κ3) is 3.52. The molecular weight excluding hydrogens is 338 g/mol. The number of carbonyl (C=O) groups is 1. The van der Waals surface area contributed by atoms with Crippen LogP contribution in [-0.4, -0.2) is 72.6 Å². The molecule has 0 bridgehead atoms. The van der Waals surface area contributed by atoms with Crippen molar-refractivity contribution < 1.29 is 28.8 Å². The fourth-order valence-electron chi connectivity index (χ4n) is 4.79. The molecule has 0 aromatic rings. The molecule has 0 radical (unpaired) electrons. The van der Waals surface area contributed by atoms with Crippen LogP contribution in [-0.2, 0) is 23.7 Å². The number of fused-ring (bicyclic) bond motifs is 1. The van der Waals surface area contributed by atoms with Crippen LogP contribution in [0.25, 0.3) is 0 Å². The summed E-state index contributed by atoms with van der Waals surface area (Å²) >= 11 is 0. The van der Waals surface area contributed by atoms with Crippen molar-refractivity contribution in [1.82, 2.24) is 4.90 Å². The number of carbonyl (C=O) groups excluding carboxylic acids is 1. The Morgan fingerprint density at radius 1 is 1.12 bits per heavy atom. The SMILES string of the molecule is CO[C@H]1O[C@H](CN2CCCCCC2=O)[C@@H](O)[C@@H]2OC3(CCCCC3)O[C@H]12. The molecule has 4 aliphatic rings. The van der Waals surface area contributed by atoms with Crippen LogP contribution in [0.5, 0.6) is 0 Å². The van der Waals surface area contributed by atoms with Crippen molar-refractivity contribution in [2.24, 2.45) is 0 Å². The van der Waals surface area contributed by atoms with Crippen LogP contribution in [0.3, 0.4) is 0 Å². The highest BCUT2D eigenvalue weighted by Gasteiger charge is 2.58. The lowest BCUT2D eigenvalue weighted by atomic mass is 9.94. The lowest BCUT2D eigenvalue weighted by Crippen LogP contribution is -2.59. The summed E-state index contributed by atoms with van der Waals surface area (Å²) in [5.74, 6) is -0.469. The minimum atomic E-state index is -0.830. The predicted octanol–water partition coefficient (Wildman–Crippen LogP) is 1.57. The first-order valence-electron chi connectivity index (χ1n) is 10.1. The van der Waals surface area contributed by atoms with E-state index in [0.717, 1.165) is 51.5 Å². The summed E-state index contributed by atoms with van der Waals surface area (Å²) in [7, 11) is 1.59. The first-order chi connectivity index (χ1) is 12.6. The van der Waals surface area contributed by atoms with Crippen LogP contribution in [0.15, 0.2) is 0 Å². The second-order valence-corrected chi connectivity index (χ2v) is 8.06. The summed E-state index contributed by atoms with van der Waals surface area (Å²) in [5, 5.41) is 10.9. The van der Waals surface area contributed by atoms with E-state index in [1.54, 1.807) is 7.11 Å². The van der Waals surface area contributed by atoms with Crippen molar-refractivity contribution >= 4 is 5.91 Å². The maximum absolute atomic E-state index is 12.3. The standard InChI is InChI=1S/C19H31NO6/c1-23-18-17-16(25-19(26-17)9-5-3-6-10-19)15(22)13(24-18)12-20-11-7-2-4-8-14(20)21/h13,15-18,22H,2-12H2,1H3/t13-,15-,16+,17+,18+/m1/s1. The molecule has 1 spiro atoms. The van der Waals surface area contributed by atoms with E-state index in [-0.39, 0.29) is 5.91 Å². The van der Waals surface area contributed by atoms with Gasteiger partial charge in [0.1, 0.15) is 24.4 Å². The van der Waals surface area contributed by atoms with Gasteiger partial charge in [0.2, 0.25) is 5.91 Å². The first kappa shape index (κ1) is 18.6. The van der Waals surface area contributed by atoms with Gasteiger partial charge in [0.25, 0.3) is 0 Å². The van der Waals surface area contributed by atoms with Gasteiger partial charge in [-0.25, -0.2) is 0 Å². The van der Waals surface area contributed by atoms with E-state index in [1.807, 2.05) is 4.90 Å². The Hall–Kier alpha value is -0.730. The lowest BCUT2D eigenvalue weighted by Gasteiger charge is -2.41. The van der Waals surface area contributed by atoms with Crippen molar-refractivity contribution in [2.75, 3.05) is 20.2 Å². The highest BCUT2D eigenvalue weighted by atomic mass is 16.8. The van der Waals surface area contributed by atoms with Gasteiger partial charge in [0.15, 0.2) is 12.1 Å². The summed E-state index contributed by atoms with van der Waals surface area (Å²) in [6.45, 7) is 1.10. The average Bonchev–Trinajstić information content (AvgIpc) is 2.89. The van der Waals surface area contributed by atoms with Crippen molar-refractivity contribution in [3.63, 3.8) is 0 Å². The normalized spacial score (nSPS) is 40.5. The Labute approximate surface area is 154 Å². The summed E-state index contributed by atoms with van der Waals surface area (Å²) in [4.78, 5) is 14.1. The minimum absolute atomic E-state index is 0.140. The Morgan fingerprint density at radius 3 is 2.62 bits per heavy atom. The molecule has 1 saturated carbocycles. The molecule has 1 aliphatic carbocycles. The van der Waals surface area contributed by atoms with Gasteiger partial charge in [-0.3, -0.25) is 4.79 Å². The van der Waals surface area contributed by atoms with E-state index < -0.39 is 36.5 Å². The molecular formula is C19H31NO6. The molecule has 0 unspecified atom stereocenters. The third-order valence-electron chi connectivity index (χ3n) is 6.24. The maximum Gasteiger partial charge on any atom is 0.222 e. The predicted molar refractivity (Wildman–Crippen MR) is 92.3 cm³/mol. The molecule has 0 aromatic heterocycles. The fraction of sp³-hybridized carbons (Fsp3) is 0.947. The number of nitrogens with zero attached hydrogens (tertiary/aromatic N) is 1. The molecule has 7 heteroatoms. The largest absolute Gasteiger partial charge is 0.388 e. The Morgan fingerprint density at radius 2 is 1.85 bits per heavy atom. The van der Waals surface area contributed by atoms with Gasteiger partial charge in [0.05, 0.1) is 0 Å². The number of hydrogen-bond donors (Lipinski definition) is 1. The van der Waals surface area contributed by atoms with Gasteiger partial charge in [-0.05, 0) is 25.7 Å². The number of methoxy groups -OCH3 is 1. The van der Waals surface area contributed by atoms with Gasteiger partial charge in [-0.15, -0.1) is 0 Å². The second kappa shape index (κ2) is 7.72. The van der Waals surface area contributed by atoms with Gasteiger partial charge < -0.3 is 29.0 Å². The summed E-state index contributed by atoms with van der Waals surface area (Å²) in [6, 6.07) is 0. The number of ether oxygens (including phenoxy) is 4. The Kier molecular flexibility index (Phi) is 5.53. The van der Waals surface area contributed by atoms with Crippen LogP contribution in [0, 0.1) is 0 Å². The smallest absolute Gasteiger partial charge is 0.222 e.